The van der Waals surface area contributed by atoms with E-state index >= 15 is 0 Å². The van der Waals surface area contributed by atoms with Gasteiger partial charge in [-0.1, -0.05) is 0 Å². The Hall–Kier alpha value is -2.35. The topological polar surface area (TPSA) is 117 Å². The maximum absolute atomic E-state index is 11.2. The molecule has 0 aromatic carbocycles. The molecular weight excluding hydrogens is 236 g/mol. The fourth-order valence-corrected chi connectivity index (χ4v) is 1.96. The lowest BCUT2D eigenvalue weighted by Crippen LogP contribution is -2.27. The molecule has 0 spiro atoms. The minimum Gasteiger partial charge on any atom is -0.476 e. The summed E-state index contributed by atoms with van der Waals surface area (Å²) in [4.78, 5) is 23.6. The van der Waals surface area contributed by atoms with Crippen LogP contribution in [0.1, 0.15) is 21.7 Å². The summed E-state index contributed by atoms with van der Waals surface area (Å²) in [6, 6.07) is 0. The van der Waals surface area contributed by atoms with Gasteiger partial charge in [-0.2, -0.15) is 5.10 Å². The van der Waals surface area contributed by atoms with Crippen LogP contribution in [0, 0.1) is 0 Å². The van der Waals surface area contributed by atoms with E-state index in [4.69, 9.17) is 0 Å². The summed E-state index contributed by atoms with van der Waals surface area (Å²) in [6.07, 6.45) is 1.95. The number of nitrogens with one attached hydrogen (secondary N) is 2. The van der Waals surface area contributed by atoms with Crippen LogP contribution < -0.4 is 5.32 Å². The van der Waals surface area contributed by atoms with E-state index in [1.807, 2.05) is 0 Å². The summed E-state index contributed by atoms with van der Waals surface area (Å²) in [5, 5.41) is 18.7. The van der Waals surface area contributed by atoms with Gasteiger partial charge in [-0.3, -0.25) is 5.10 Å². The molecule has 3 rings (SSSR count). The van der Waals surface area contributed by atoms with E-state index in [-0.39, 0.29) is 11.5 Å². The van der Waals surface area contributed by atoms with Crippen LogP contribution in [0.25, 0.3) is 11.6 Å². The van der Waals surface area contributed by atoms with Gasteiger partial charge in [0, 0.05) is 12.1 Å². The molecule has 2 aromatic heterocycles. The second kappa shape index (κ2) is 4.15. The van der Waals surface area contributed by atoms with Gasteiger partial charge in [0.1, 0.15) is 6.33 Å². The number of nitrogens with zero attached hydrogens (tertiary/aromatic N) is 4. The molecule has 3 N–H and O–H groups in total. The highest BCUT2D eigenvalue weighted by Crippen LogP contribution is 2.19. The number of H-pyrrole nitrogens is 1. The lowest BCUT2D eigenvalue weighted by molar-refractivity contribution is 0.0688. The number of carbonyl (C=O) groups is 1. The fraction of sp³-hybridized carbons (Fsp3) is 0.300. The van der Waals surface area contributed by atoms with Crippen LogP contribution in [0.5, 0.6) is 0 Å². The van der Waals surface area contributed by atoms with Gasteiger partial charge in [0.2, 0.25) is 0 Å². The van der Waals surface area contributed by atoms with Gasteiger partial charge in [-0.25, -0.2) is 19.7 Å². The smallest absolute Gasteiger partial charge is 0.354 e. The van der Waals surface area contributed by atoms with Crippen molar-refractivity contribution in [3.63, 3.8) is 0 Å². The molecule has 2 aromatic rings. The monoisotopic (exact) mass is 246 g/mol. The summed E-state index contributed by atoms with van der Waals surface area (Å²) < 4.78 is 0. The third-order valence-corrected chi connectivity index (χ3v) is 2.77. The van der Waals surface area contributed by atoms with Crippen molar-refractivity contribution in [1.29, 1.82) is 0 Å². The fourth-order valence-electron chi connectivity index (χ4n) is 1.96. The van der Waals surface area contributed by atoms with E-state index in [0.29, 0.717) is 30.0 Å². The second-order valence-electron chi connectivity index (χ2n) is 3.89. The predicted octanol–water partition coefficient (Wildman–Crippen LogP) is -0.394. The Morgan fingerprint density at radius 3 is 3.00 bits per heavy atom. The minimum absolute atomic E-state index is 0.0490. The maximum Gasteiger partial charge on any atom is 0.354 e. The minimum atomic E-state index is -1.05. The van der Waals surface area contributed by atoms with Crippen molar-refractivity contribution in [3.8, 4) is 11.6 Å². The number of carboxylic acid groups (broad SMARTS) is 1. The molecule has 1 aliphatic heterocycles. The zero-order chi connectivity index (χ0) is 12.5. The Morgan fingerprint density at radius 2 is 2.28 bits per heavy atom. The van der Waals surface area contributed by atoms with Gasteiger partial charge < -0.3 is 10.4 Å². The van der Waals surface area contributed by atoms with Gasteiger partial charge in [0.05, 0.1) is 5.69 Å². The summed E-state index contributed by atoms with van der Waals surface area (Å²) in [6.45, 7) is 1.28. The Labute approximate surface area is 102 Å². The largest absolute Gasteiger partial charge is 0.476 e. The molecule has 0 radical (unpaired) electrons. The van der Waals surface area contributed by atoms with Gasteiger partial charge in [-0.15, -0.1) is 0 Å². The maximum atomic E-state index is 11.2. The summed E-state index contributed by atoms with van der Waals surface area (Å²) in [5.74, 6) is -0.422. The third kappa shape index (κ3) is 1.72. The molecule has 1 aliphatic rings. The van der Waals surface area contributed by atoms with E-state index in [0.717, 1.165) is 6.54 Å². The molecule has 0 fully saturated rings. The zero-order valence-electron chi connectivity index (χ0n) is 9.34. The first-order chi connectivity index (χ1) is 8.75. The van der Waals surface area contributed by atoms with Crippen LogP contribution in [0.15, 0.2) is 6.33 Å². The van der Waals surface area contributed by atoms with Crippen LogP contribution in [-0.2, 0) is 13.0 Å². The van der Waals surface area contributed by atoms with E-state index in [1.165, 1.54) is 6.33 Å². The quantitative estimate of drug-likeness (QED) is 0.660. The highest BCUT2D eigenvalue weighted by molar-refractivity contribution is 5.88. The number of aromatic amines is 1. The normalized spacial score (nSPS) is 14.2. The molecule has 92 valence electrons. The SMILES string of the molecule is O=C(O)c1nc(-c2ncn[nH]2)nc2c1CCNC2. The van der Waals surface area contributed by atoms with Crippen molar-refractivity contribution < 1.29 is 9.90 Å². The van der Waals surface area contributed by atoms with E-state index in [9.17, 15) is 9.90 Å². The third-order valence-electron chi connectivity index (χ3n) is 2.77. The molecular formula is C10H10N6O2. The van der Waals surface area contributed by atoms with E-state index in [2.05, 4.69) is 30.5 Å². The van der Waals surface area contributed by atoms with Gasteiger partial charge in [0.15, 0.2) is 17.3 Å². The van der Waals surface area contributed by atoms with Crippen molar-refractivity contribution >= 4 is 5.97 Å². The number of aromatic nitrogens is 5. The van der Waals surface area contributed by atoms with Crippen LogP contribution in [0.4, 0.5) is 0 Å². The number of hydrogen-bond donors (Lipinski definition) is 3. The highest BCUT2D eigenvalue weighted by Gasteiger charge is 2.22. The van der Waals surface area contributed by atoms with Gasteiger partial charge >= 0.3 is 5.97 Å². The number of hydrogen-bond acceptors (Lipinski definition) is 6. The number of fused-ring (bicyclic) bond motifs is 1. The summed E-state index contributed by atoms with van der Waals surface area (Å²) in [5.41, 5.74) is 1.46. The predicted molar refractivity (Wildman–Crippen MR) is 59.8 cm³/mol. The highest BCUT2D eigenvalue weighted by atomic mass is 16.4. The summed E-state index contributed by atoms with van der Waals surface area (Å²) in [7, 11) is 0. The van der Waals surface area contributed by atoms with Crippen molar-refractivity contribution in [2.45, 2.75) is 13.0 Å². The van der Waals surface area contributed by atoms with Crippen LogP contribution in [0.3, 0.4) is 0 Å². The molecule has 0 unspecified atom stereocenters. The Kier molecular flexibility index (Phi) is 2.49. The van der Waals surface area contributed by atoms with Crippen LogP contribution >= 0.6 is 0 Å². The summed E-state index contributed by atoms with van der Waals surface area (Å²) >= 11 is 0. The van der Waals surface area contributed by atoms with Gasteiger partial charge in [0.25, 0.3) is 0 Å². The molecule has 3 heterocycles. The van der Waals surface area contributed by atoms with E-state index in [1.54, 1.807) is 0 Å². The van der Waals surface area contributed by atoms with Crippen molar-refractivity contribution in [1.82, 2.24) is 30.5 Å². The van der Waals surface area contributed by atoms with E-state index < -0.39 is 5.97 Å². The second-order valence-corrected chi connectivity index (χ2v) is 3.89. The standard InChI is InChI=1S/C10H10N6O2/c17-10(18)7-5-1-2-11-3-6(5)14-9(15-7)8-12-4-13-16-8/h4,11H,1-3H2,(H,17,18)(H,12,13,16). The molecule has 0 bridgehead atoms. The first-order valence-electron chi connectivity index (χ1n) is 5.45. The van der Waals surface area contributed by atoms with Crippen molar-refractivity contribution in [2.24, 2.45) is 0 Å². The average molecular weight is 246 g/mol. The lowest BCUT2D eigenvalue weighted by atomic mass is 10.0. The molecule has 8 nitrogen and oxygen atoms in total. The molecule has 18 heavy (non-hydrogen) atoms. The van der Waals surface area contributed by atoms with Crippen LogP contribution in [0.2, 0.25) is 0 Å². The number of aromatic carboxylic acids is 1. The van der Waals surface area contributed by atoms with Crippen molar-refractivity contribution in [2.75, 3.05) is 6.54 Å². The zero-order valence-corrected chi connectivity index (χ0v) is 9.34. The number of carboxylic acids is 1. The Balaban J connectivity index is 2.18. The number of rotatable bonds is 2. The Morgan fingerprint density at radius 1 is 1.39 bits per heavy atom. The van der Waals surface area contributed by atoms with Crippen LogP contribution in [-0.4, -0.2) is 42.8 Å². The lowest BCUT2D eigenvalue weighted by Gasteiger charge is -2.17. The molecule has 0 saturated heterocycles. The molecule has 0 aliphatic carbocycles. The molecule has 0 atom stereocenters. The molecule has 0 amide bonds. The van der Waals surface area contributed by atoms with Gasteiger partial charge in [-0.05, 0) is 13.0 Å². The average Bonchev–Trinajstić information content (AvgIpc) is 2.91. The first kappa shape index (κ1) is 10.8. The molecule has 0 saturated carbocycles. The Bertz CT molecular complexity index is 595. The molecule has 8 heteroatoms. The first-order valence-corrected chi connectivity index (χ1v) is 5.45. The van der Waals surface area contributed by atoms with Crippen molar-refractivity contribution in [3.05, 3.63) is 23.3 Å².